The molecule has 4 N–H and O–H groups in total. The number of benzene rings is 1. The molecule has 9 heteroatoms. The van der Waals surface area contributed by atoms with Gasteiger partial charge < -0.3 is 15.8 Å². The summed E-state index contributed by atoms with van der Waals surface area (Å²) in [6.45, 7) is 2.52. The van der Waals surface area contributed by atoms with Gasteiger partial charge in [-0.15, -0.1) is 0 Å². The van der Waals surface area contributed by atoms with E-state index >= 15 is 0 Å². The summed E-state index contributed by atoms with van der Waals surface area (Å²) >= 11 is 0. The molecule has 0 saturated carbocycles. The fraction of sp³-hybridized carbons (Fsp3) is 0.467. The van der Waals surface area contributed by atoms with Crippen LogP contribution in [0.1, 0.15) is 18.4 Å². The van der Waals surface area contributed by atoms with Crippen LogP contribution < -0.4 is 11.1 Å². The summed E-state index contributed by atoms with van der Waals surface area (Å²) in [5.41, 5.74) is 6.47. The van der Waals surface area contributed by atoms with E-state index in [2.05, 4.69) is 10.1 Å². The zero-order valence-corrected chi connectivity index (χ0v) is 14.4. The number of methoxy groups -OCH3 is 1. The molecular formula is C15H22N2O6S. The molecule has 1 aromatic carbocycles. The van der Waals surface area contributed by atoms with Crippen molar-refractivity contribution in [3.05, 3.63) is 29.8 Å². The molecule has 1 aromatic rings. The molecule has 0 spiro atoms. The lowest BCUT2D eigenvalue weighted by Crippen LogP contribution is -2.35. The SMILES string of the molecule is COC(=O)[C@@H](N)CC1CCNC1=O.Cc1ccc(S(=O)(=O)O)cc1. The minimum atomic E-state index is -4.02. The Bertz CT molecular complexity index is 672. The van der Waals surface area contributed by atoms with Gasteiger partial charge in [0.2, 0.25) is 5.91 Å². The molecule has 0 radical (unpaired) electrons. The van der Waals surface area contributed by atoms with Crippen LogP contribution in [0.5, 0.6) is 0 Å². The second kappa shape index (κ2) is 8.76. The zero-order valence-electron chi connectivity index (χ0n) is 13.6. The van der Waals surface area contributed by atoms with Gasteiger partial charge in [0, 0.05) is 12.5 Å². The summed E-state index contributed by atoms with van der Waals surface area (Å²) < 4.78 is 34.0. The van der Waals surface area contributed by atoms with Gasteiger partial charge in [-0.3, -0.25) is 14.1 Å². The number of hydrogen-bond acceptors (Lipinski definition) is 6. The Hall–Kier alpha value is -1.97. The van der Waals surface area contributed by atoms with Gasteiger partial charge in [0.25, 0.3) is 10.1 Å². The first-order valence-electron chi connectivity index (χ1n) is 7.30. The third-order valence-corrected chi connectivity index (χ3v) is 4.39. The topological polar surface area (TPSA) is 136 Å². The van der Waals surface area contributed by atoms with E-state index in [0.29, 0.717) is 13.0 Å². The molecule has 0 aliphatic carbocycles. The Morgan fingerprint density at radius 2 is 2.00 bits per heavy atom. The van der Waals surface area contributed by atoms with Crippen LogP contribution in [-0.2, 0) is 24.4 Å². The highest BCUT2D eigenvalue weighted by Crippen LogP contribution is 2.15. The van der Waals surface area contributed by atoms with Crippen LogP contribution in [0, 0.1) is 12.8 Å². The summed E-state index contributed by atoms with van der Waals surface area (Å²) in [5.74, 6) is -0.604. The second-order valence-corrected chi connectivity index (χ2v) is 6.85. The van der Waals surface area contributed by atoms with E-state index < -0.39 is 22.1 Å². The minimum absolute atomic E-state index is 0.0145. The highest BCUT2D eigenvalue weighted by Gasteiger charge is 2.28. The first-order chi connectivity index (χ1) is 11.1. The standard InChI is InChI=1S/C8H14N2O3.C7H8O3S/c1-13-8(12)6(9)4-5-2-3-10-7(5)11;1-6-2-4-7(5-3-6)11(8,9)10/h5-6H,2-4,9H2,1H3,(H,10,11);2-5H,1H3,(H,8,9,10)/t5?,6-;/m0./s1. The molecule has 1 aliphatic rings. The largest absolute Gasteiger partial charge is 0.468 e. The maximum atomic E-state index is 11.1. The van der Waals surface area contributed by atoms with E-state index in [1.165, 1.54) is 19.2 Å². The van der Waals surface area contributed by atoms with Gasteiger partial charge >= 0.3 is 5.97 Å². The van der Waals surface area contributed by atoms with Gasteiger partial charge in [0.05, 0.1) is 12.0 Å². The molecule has 2 atom stereocenters. The number of carbonyl (C=O) groups excluding carboxylic acids is 2. The van der Waals surface area contributed by atoms with Gasteiger partial charge in [0.15, 0.2) is 0 Å². The fourth-order valence-corrected chi connectivity index (χ4v) is 2.61. The first kappa shape index (κ1) is 20.1. The average Bonchev–Trinajstić information content (AvgIpc) is 2.91. The van der Waals surface area contributed by atoms with Gasteiger partial charge in [-0.25, -0.2) is 0 Å². The van der Waals surface area contributed by atoms with Crippen molar-refractivity contribution in [1.29, 1.82) is 0 Å². The molecule has 1 saturated heterocycles. The second-order valence-electron chi connectivity index (χ2n) is 5.43. The number of amides is 1. The van der Waals surface area contributed by atoms with Gasteiger partial charge in [-0.2, -0.15) is 8.42 Å². The molecule has 1 aliphatic heterocycles. The van der Waals surface area contributed by atoms with E-state index in [9.17, 15) is 18.0 Å². The Morgan fingerprint density at radius 3 is 2.42 bits per heavy atom. The summed E-state index contributed by atoms with van der Waals surface area (Å²) in [7, 11) is -2.73. The summed E-state index contributed by atoms with van der Waals surface area (Å²) in [4.78, 5) is 22.0. The zero-order chi connectivity index (χ0) is 18.3. The van der Waals surface area contributed by atoms with E-state index in [1.54, 1.807) is 12.1 Å². The predicted molar refractivity (Wildman–Crippen MR) is 86.7 cm³/mol. The van der Waals surface area contributed by atoms with Crippen LogP contribution in [0.2, 0.25) is 0 Å². The summed E-state index contributed by atoms with van der Waals surface area (Å²) in [6.07, 6.45) is 1.13. The molecule has 24 heavy (non-hydrogen) atoms. The highest BCUT2D eigenvalue weighted by atomic mass is 32.2. The lowest BCUT2D eigenvalue weighted by atomic mass is 9.99. The molecule has 134 valence electrons. The monoisotopic (exact) mass is 358 g/mol. The van der Waals surface area contributed by atoms with Crippen LogP contribution in [0.15, 0.2) is 29.2 Å². The number of esters is 1. The van der Waals surface area contributed by atoms with Crippen LogP contribution in [0.4, 0.5) is 0 Å². The van der Waals surface area contributed by atoms with Crippen molar-refractivity contribution in [2.45, 2.75) is 30.7 Å². The van der Waals surface area contributed by atoms with E-state index in [1.807, 2.05) is 6.92 Å². The van der Waals surface area contributed by atoms with Gasteiger partial charge in [-0.1, -0.05) is 17.7 Å². The average molecular weight is 358 g/mol. The number of hydrogen-bond donors (Lipinski definition) is 3. The lowest BCUT2D eigenvalue weighted by Gasteiger charge is -2.11. The molecule has 1 unspecified atom stereocenters. The van der Waals surface area contributed by atoms with Crippen LogP contribution in [0.25, 0.3) is 0 Å². The number of ether oxygens (including phenoxy) is 1. The first-order valence-corrected chi connectivity index (χ1v) is 8.74. The van der Waals surface area contributed by atoms with Gasteiger partial charge in [-0.05, 0) is 31.9 Å². The molecule has 1 heterocycles. The third-order valence-electron chi connectivity index (χ3n) is 3.52. The number of nitrogens with two attached hydrogens (primary N) is 1. The minimum Gasteiger partial charge on any atom is -0.468 e. The molecule has 1 fully saturated rings. The maximum absolute atomic E-state index is 11.1. The summed E-state index contributed by atoms with van der Waals surface area (Å²) in [5, 5.41) is 2.69. The maximum Gasteiger partial charge on any atom is 0.322 e. The van der Waals surface area contributed by atoms with Crippen molar-refractivity contribution >= 4 is 22.0 Å². The Balaban J connectivity index is 0.000000243. The smallest absolute Gasteiger partial charge is 0.322 e. The van der Waals surface area contributed by atoms with Crippen LogP contribution in [-0.4, -0.2) is 44.5 Å². The van der Waals surface area contributed by atoms with Crippen molar-refractivity contribution in [3.8, 4) is 0 Å². The van der Waals surface area contributed by atoms with Gasteiger partial charge in [0.1, 0.15) is 6.04 Å². The molecule has 0 bridgehead atoms. The van der Waals surface area contributed by atoms with Crippen molar-refractivity contribution in [2.24, 2.45) is 11.7 Å². The number of nitrogens with one attached hydrogen (secondary N) is 1. The van der Waals surface area contributed by atoms with Crippen LogP contribution in [0.3, 0.4) is 0 Å². The quantitative estimate of drug-likeness (QED) is 0.518. The molecule has 2 rings (SSSR count). The fourth-order valence-electron chi connectivity index (χ4n) is 2.13. The van der Waals surface area contributed by atoms with E-state index in [0.717, 1.165) is 12.0 Å². The summed E-state index contributed by atoms with van der Waals surface area (Å²) in [6, 6.07) is 5.31. The van der Waals surface area contributed by atoms with E-state index in [4.69, 9.17) is 10.3 Å². The number of aryl methyl sites for hydroxylation is 1. The van der Waals surface area contributed by atoms with Crippen molar-refractivity contribution < 1.29 is 27.3 Å². The Kier molecular flexibility index (Phi) is 7.33. The molecule has 0 aromatic heterocycles. The Labute approximate surface area is 141 Å². The molecule has 8 nitrogen and oxygen atoms in total. The van der Waals surface area contributed by atoms with Crippen molar-refractivity contribution in [2.75, 3.05) is 13.7 Å². The number of rotatable bonds is 4. The Morgan fingerprint density at radius 1 is 1.42 bits per heavy atom. The highest BCUT2D eigenvalue weighted by molar-refractivity contribution is 7.85. The predicted octanol–water partition coefficient (Wildman–Crippen LogP) is 0.255. The van der Waals surface area contributed by atoms with Crippen molar-refractivity contribution in [3.63, 3.8) is 0 Å². The lowest BCUT2D eigenvalue weighted by molar-refractivity contribution is -0.142. The molecular weight excluding hydrogens is 336 g/mol. The van der Waals surface area contributed by atoms with Crippen LogP contribution >= 0.6 is 0 Å². The number of carbonyl (C=O) groups is 2. The third kappa shape index (κ3) is 6.26. The normalized spacial score (nSPS) is 18.2. The molecule has 1 amide bonds. The van der Waals surface area contributed by atoms with E-state index in [-0.39, 0.29) is 16.7 Å². The van der Waals surface area contributed by atoms with Crippen molar-refractivity contribution in [1.82, 2.24) is 5.32 Å².